The Kier molecular flexibility index (Phi) is 4.65. The number of thiophene rings is 1. The number of aryl methyl sites for hydroxylation is 1. The lowest BCUT2D eigenvalue weighted by atomic mass is 9.90. The molecule has 3 rings (SSSR count). The summed E-state index contributed by atoms with van der Waals surface area (Å²) in [6.07, 6.45) is 0.977. The van der Waals surface area contributed by atoms with Gasteiger partial charge >= 0.3 is 0 Å². The van der Waals surface area contributed by atoms with Crippen LogP contribution in [0.1, 0.15) is 27.9 Å². The molecule has 2 aromatic rings. The largest absolute Gasteiger partial charge is 0.497 e. The van der Waals surface area contributed by atoms with Crippen molar-refractivity contribution in [2.75, 3.05) is 26.7 Å². The number of carbonyl (C=O) groups is 1. The zero-order valence-electron chi connectivity index (χ0n) is 14.5. The number of hydrogen-bond donors (Lipinski definition) is 1. The highest BCUT2D eigenvalue weighted by Crippen LogP contribution is 2.35. The minimum absolute atomic E-state index is 0.0563. The molecule has 0 bridgehead atoms. The van der Waals surface area contributed by atoms with Crippen molar-refractivity contribution in [2.24, 2.45) is 11.1 Å². The number of nitrogens with zero attached hydrogens (tertiary/aromatic N) is 1. The van der Waals surface area contributed by atoms with Crippen LogP contribution in [0.4, 0.5) is 0 Å². The minimum Gasteiger partial charge on any atom is -0.497 e. The molecule has 1 amide bonds. The number of amides is 1. The number of rotatable bonds is 4. The van der Waals surface area contributed by atoms with Gasteiger partial charge in [0.1, 0.15) is 5.75 Å². The van der Waals surface area contributed by atoms with E-state index in [-0.39, 0.29) is 11.3 Å². The third-order valence-corrected chi connectivity index (χ3v) is 5.91. The van der Waals surface area contributed by atoms with Crippen LogP contribution in [0.2, 0.25) is 0 Å². The first-order valence-corrected chi connectivity index (χ1v) is 9.01. The summed E-state index contributed by atoms with van der Waals surface area (Å²) in [5.74, 6) is 0.959. The zero-order valence-corrected chi connectivity index (χ0v) is 15.3. The van der Waals surface area contributed by atoms with Crippen molar-refractivity contribution in [2.45, 2.75) is 20.3 Å². The number of ether oxygens (including phenoxy) is 1. The summed E-state index contributed by atoms with van der Waals surface area (Å²) in [6, 6.07) is 9.97. The average molecular weight is 344 g/mol. The standard InChI is InChI=1S/C19H24N2O2S/c1-13-16(14-4-6-15(23-3)7-5-14)10-17(24-13)18(22)21-9-8-19(2,11-20)12-21/h4-7,10H,8-9,11-12,20H2,1-3H3. The molecule has 2 N–H and O–H groups in total. The third-order valence-electron chi connectivity index (χ3n) is 4.87. The molecule has 2 heterocycles. The van der Waals surface area contributed by atoms with Gasteiger partial charge in [-0.1, -0.05) is 19.1 Å². The highest BCUT2D eigenvalue weighted by Gasteiger charge is 2.35. The van der Waals surface area contributed by atoms with Gasteiger partial charge in [0.05, 0.1) is 12.0 Å². The Bertz CT molecular complexity index is 738. The maximum atomic E-state index is 12.8. The summed E-state index contributed by atoms with van der Waals surface area (Å²) in [5.41, 5.74) is 8.13. The van der Waals surface area contributed by atoms with E-state index in [4.69, 9.17) is 10.5 Å². The molecule has 1 saturated heterocycles. The number of methoxy groups -OCH3 is 1. The fourth-order valence-corrected chi connectivity index (χ4v) is 4.17. The van der Waals surface area contributed by atoms with Gasteiger partial charge in [0.25, 0.3) is 5.91 Å². The number of carbonyl (C=O) groups excluding carboxylic acids is 1. The van der Waals surface area contributed by atoms with Gasteiger partial charge in [-0.25, -0.2) is 0 Å². The van der Waals surface area contributed by atoms with Gasteiger partial charge in [-0.3, -0.25) is 4.79 Å². The van der Waals surface area contributed by atoms with Crippen LogP contribution in [0, 0.1) is 12.3 Å². The summed E-state index contributed by atoms with van der Waals surface area (Å²) in [6.45, 7) is 6.38. The molecule has 1 aromatic carbocycles. The number of hydrogen-bond acceptors (Lipinski definition) is 4. The first kappa shape index (κ1) is 17.0. The summed E-state index contributed by atoms with van der Waals surface area (Å²) >= 11 is 1.57. The fraction of sp³-hybridized carbons (Fsp3) is 0.421. The van der Waals surface area contributed by atoms with Crippen LogP contribution < -0.4 is 10.5 Å². The van der Waals surface area contributed by atoms with Gasteiger partial charge in [0, 0.05) is 18.0 Å². The van der Waals surface area contributed by atoms with Crippen molar-refractivity contribution in [1.29, 1.82) is 0 Å². The van der Waals surface area contributed by atoms with Crippen LogP contribution in [0.25, 0.3) is 11.1 Å². The second-order valence-corrected chi connectivity index (χ2v) is 8.06. The van der Waals surface area contributed by atoms with E-state index in [1.165, 1.54) is 0 Å². The molecule has 128 valence electrons. The summed E-state index contributed by atoms with van der Waals surface area (Å²) in [7, 11) is 1.66. The Morgan fingerprint density at radius 3 is 2.67 bits per heavy atom. The monoisotopic (exact) mass is 344 g/mol. The van der Waals surface area contributed by atoms with Gasteiger partial charge in [-0.15, -0.1) is 11.3 Å². The Balaban J connectivity index is 1.82. The van der Waals surface area contributed by atoms with E-state index >= 15 is 0 Å². The molecule has 0 aliphatic carbocycles. The molecule has 5 heteroatoms. The van der Waals surface area contributed by atoms with Crippen molar-refractivity contribution < 1.29 is 9.53 Å². The highest BCUT2D eigenvalue weighted by molar-refractivity contribution is 7.14. The average Bonchev–Trinajstić information content (AvgIpc) is 3.18. The van der Waals surface area contributed by atoms with E-state index in [1.54, 1.807) is 18.4 Å². The normalized spacial score (nSPS) is 20.4. The van der Waals surface area contributed by atoms with E-state index in [9.17, 15) is 4.79 Å². The Morgan fingerprint density at radius 1 is 1.38 bits per heavy atom. The summed E-state index contributed by atoms with van der Waals surface area (Å²) in [4.78, 5) is 16.7. The molecule has 24 heavy (non-hydrogen) atoms. The van der Waals surface area contributed by atoms with Gasteiger partial charge in [-0.05, 0) is 54.6 Å². The second-order valence-electron chi connectivity index (χ2n) is 6.80. The van der Waals surface area contributed by atoms with Gasteiger partial charge < -0.3 is 15.4 Å². The van der Waals surface area contributed by atoms with E-state index in [0.717, 1.165) is 46.1 Å². The van der Waals surface area contributed by atoms with Crippen molar-refractivity contribution in [3.8, 4) is 16.9 Å². The first-order chi connectivity index (χ1) is 11.5. The Hall–Kier alpha value is -1.85. The fourth-order valence-electron chi connectivity index (χ4n) is 3.16. The second kappa shape index (κ2) is 6.57. The van der Waals surface area contributed by atoms with Gasteiger partial charge in [0.2, 0.25) is 0 Å². The van der Waals surface area contributed by atoms with Crippen molar-refractivity contribution >= 4 is 17.2 Å². The molecule has 4 nitrogen and oxygen atoms in total. The van der Waals surface area contributed by atoms with Crippen molar-refractivity contribution in [3.05, 3.63) is 40.1 Å². The highest BCUT2D eigenvalue weighted by atomic mass is 32.1. The van der Waals surface area contributed by atoms with E-state index in [0.29, 0.717) is 6.54 Å². The van der Waals surface area contributed by atoms with E-state index in [2.05, 4.69) is 13.8 Å². The maximum absolute atomic E-state index is 12.8. The lowest BCUT2D eigenvalue weighted by Crippen LogP contribution is -2.34. The maximum Gasteiger partial charge on any atom is 0.263 e. The van der Waals surface area contributed by atoms with E-state index < -0.39 is 0 Å². The molecule has 1 atom stereocenters. The molecule has 1 unspecified atom stereocenters. The van der Waals surface area contributed by atoms with Crippen LogP contribution in [0.15, 0.2) is 30.3 Å². The molecule has 0 radical (unpaired) electrons. The summed E-state index contributed by atoms with van der Waals surface area (Å²) in [5, 5.41) is 0. The molecule has 1 aliphatic heterocycles. The smallest absolute Gasteiger partial charge is 0.263 e. The molecule has 0 spiro atoms. The van der Waals surface area contributed by atoms with Crippen LogP contribution >= 0.6 is 11.3 Å². The van der Waals surface area contributed by atoms with Gasteiger partial charge in [0.15, 0.2) is 0 Å². The molecule has 0 saturated carbocycles. The molecule has 1 aromatic heterocycles. The number of nitrogens with two attached hydrogens (primary N) is 1. The minimum atomic E-state index is 0.0563. The molecule has 1 aliphatic rings. The summed E-state index contributed by atoms with van der Waals surface area (Å²) < 4.78 is 5.21. The van der Waals surface area contributed by atoms with Crippen LogP contribution in [-0.4, -0.2) is 37.6 Å². The van der Waals surface area contributed by atoms with Crippen LogP contribution in [0.5, 0.6) is 5.75 Å². The lowest BCUT2D eigenvalue weighted by Gasteiger charge is -2.22. The predicted octanol–water partition coefficient (Wildman–Crippen LogP) is 3.54. The van der Waals surface area contributed by atoms with Gasteiger partial charge in [-0.2, -0.15) is 0 Å². The zero-order chi connectivity index (χ0) is 17.3. The first-order valence-electron chi connectivity index (χ1n) is 8.20. The van der Waals surface area contributed by atoms with Crippen LogP contribution in [0.3, 0.4) is 0 Å². The Labute approximate surface area is 147 Å². The van der Waals surface area contributed by atoms with E-state index in [1.807, 2.05) is 35.2 Å². The molecule has 1 fully saturated rings. The number of likely N-dealkylation sites (tertiary alicyclic amines) is 1. The Morgan fingerprint density at radius 2 is 2.08 bits per heavy atom. The third kappa shape index (κ3) is 3.19. The van der Waals surface area contributed by atoms with Crippen LogP contribution in [-0.2, 0) is 0 Å². The molecular formula is C19H24N2O2S. The SMILES string of the molecule is COc1ccc(-c2cc(C(=O)N3CCC(C)(CN)C3)sc2C)cc1. The number of benzene rings is 1. The quantitative estimate of drug-likeness (QED) is 0.923. The van der Waals surface area contributed by atoms with Crippen molar-refractivity contribution in [1.82, 2.24) is 4.90 Å². The van der Waals surface area contributed by atoms with Crippen molar-refractivity contribution in [3.63, 3.8) is 0 Å². The topological polar surface area (TPSA) is 55.6 Å². The lowest BCUT2D eigenvalue weighted by molar-refractivity contribution is 0.0781. The predicted molar refractivity (Wildman–Crippen MR) is 98.7 cm³/mol. The molecular weight excluding hydrogens is 320 g/mol.